The van der Waals surface area contributed by atoms with Gasteiger partial charge < -0.3 is 19.1 Å². The number of morpholine rings is 1. The van der Waals surface area contributed by atoms with Crippen LogP contribution in [0.1, 0.15) is 25.3 Å². The standard InChI is InChI=1S/C22H26N2O6S2/c1-2-11-29-20(26)7-8-24-21(27)18(32-22(24)31)14-16-3-5-17(6-4-16)30-15-19(25)23-9-12-28-13-10-23/h3-6,14H,2,7-13,15H2,1H3/b18-14+. The number of ether oxygens (including phenoxy) is 3. The maximum absolute atomic E-state index is 12.7. The molecule has 0 unspecified atom stereocenters. The van der Waals surface area contributed by atoms with Crippen molar-refractivity contribution in [3.63, 3.8) is 0 Å². The van der Waals surface area contributed by atoms with E-state index in [1.807, 2.05) is 19.1 Å². The molecule has 1 aromatic rings. The lowest BCUT2D eigenvalue weighted by Crippen LogP contribution is -2.42. The van der Waals surface area contributed by atoms with Gasteiger partial charge in [0.15, 0.2) is 6.61 Å². The highest BCUT2D eigenvalue weighted by atomic mass is 32.2. The number of amides is 2. The quantitative estimate of drug-likeness (QED) is 0.304. The Morgan fingerprint density at radius 3 is 2.62 bits per heavy atom. The molecule has 2 amide bonds. The van der Waals surface area contributed by atoms with Crippen molar-refractivity contribution in [2.75, 3.05) is 46.1 Å². The van der Waals surface area contributed by atoms with E-state index in [1.165, 1.54) is 16.7 Å². The molecule has 0 aliphatic carbocycles. The summed E-state index contributed by atoms with van der Waals surface area (Å²) in [6.45, 7) is 4.74. The van der Waals surface area contributed by atoms with Gasteiger partial charge in [-0.2, -0.15) is 0 Å². The van der Waals surface area contributed by atoms with E-state index in [0.717, 1.165) is 12.0 Å². The first-order valence-electron chi connectivity index (χ1n) is 10.5. The molecule has 8 nitrogen and oxygen atoms in total. The largest absolute Gasteiger partial charge is 0.484 e. The second-order valence-electron chi connectivity index (χ2n) is 7.15. The Hall–Kier alpha value is -2.43. The first-order valence-corrected chi connectivity index (χ1v) is 11.7. The SMILES string of the molecule is CCCOC(=O)CCN1C(=O)/C(=C\c2ccc(OCC(=O)N3CCOCC3)cc2)SC1=S. The van der Waals surface area contributed by atoms with Gasteiger partial charge in [-0.05, 0) is 30.2 Å². The fraction of sp³-hybridized carbons (Fsp3) is 0.455. The van der Waals surface area contributed by atoms with Crippen molar-refractivity contribution in [2.45, 2.75) is 19.8 Å². The molecule has 10 heteroatoms. The zero-order valence-electron chi connectivity index (χ0n) is 17.9. The highest BCUT2D eigenvalue weighted by Gasteiger charge is 2.32. The van der Waals surface area contributed by atoms with Gasteiger partial charge in [0, 0.05) is 19.6 Å². The molecule has 3 rings (SSSR count). The molecule has 2 aliphatic heterocycles. The molecule has 2 saturated heterocycles. The molecular formula is C22H26N2O6S2. The van der Waals surface area contributed by atoms with Crippen LogP contribution in [0.5, 0.6) is 5.75 Å². The summed E-state index contributed by atoms with van der Waals surface area (Å²) < 4.78 is 16.3. The van der Waals surface area contributed by atoms with Crippen LogP contribution in [0.2, 0.25) is 0 Å². The fourth-order valence-electron chi connectivity index (χ4n) is 3.04. The van der Waals surface area contributed by atoms with Crippen molar-refractivity contribution in [3.05, 3.63) is 34.7 Å². The number of hydrogen-bond acceptors (Lipinski definition) is 8. The summed E-state index contributed by atoms with van der Waals surface area (Å²) in [5, 5.41) is 0. The minimum absolute atomic E-state index is 0.0291. The fourth-order valence-corrected chi connectivity index (χ4v) is 4.35. The molecule has 0 atom stereocenters. The van der Waals surface area contributed by atoms with Crippen molar-refractivity contribution in [3.8, 4) is 5.75 Å². The molecule has 0 bridgehead atoms. The van der Waals surface area contributed by atoms with Crippen LogP contribution in [0.25, 0.3) is 6.08 Å². The van der Waals surface area contributed by atoms with Gasteiger partial charge >= 0.3 is 5.97 Å². The van der Waals surface area contributed by atoms with Gasteiger partial charge in [0.25, 0.3) is 11.8 Å². The normalized spacial score (nSPS) is 17.7. The number of carbonyl (C=O) groups is 3. The number of esters is 1. The van der Waals surface area contributed by atoms with E-state index in [1.54, 1.807) is 23.1 Å². The molecule has 0 saturated carbocycles. The van der Waals surface area contributed by atoms with Crippen LogP contribution >= 0.6 is 24.0 Å². The second-order valence-corrected chi connectivity index (χ2v) is 8.83. The zero-order chi connectivity index (χ0) is 22.9. The van der Waals surface area contributed by atoms with Crippen molar-refractivity contribution < 1.29 is 28.6 Å². The number of thioether (sulfide) groups is 1. The minimum Gasteiger partial charge on any atom is -0.484 e. The van der Waals surface area contributed by atoms with Crippen LogP contribution < -0.4 is 4.74 Å². The van der Waals surface area contributed by atoms with Crippen LogP contribution in [0.3, 0.4) is 0 Å². The lowest BCUT2D eigenvalue weighted by atomic mass is 10.2. The third-order valence-electron chi connectivity index (χ3n) is 4.78. The Bertz CT molecular complexity index is 881. The van der Waals surface area contributed by atoms with Crippen molar-refractivity contribution in [2.24, 2.45) is 0 Å². The van der Waals surface area contributed by atoms with E-state index >= 15 is 0 Å². The van der Waals surface area contributed by atoms with Gasteiger partial charge in [0.1, 0.15) is 10.1 Å². The number of nitrogens with zero attached hydrogens (tertiary/aromatic N) is 2. The smallest absolute Gasteiger partial charge is 0.307 e. The summed E-state index contributed by atoms with van der Waals surface area (Å²) in [5.74, 6) is -0.0613. The van der Waals surface area contributed by atoms with Crippen LogP contribution in [0.4, 0.5) is 0 Å². The van der Waals surface area contributed by atoms with Gasteiger partial charge in [0.05, 0.1) is 31.1 Å². The van der Waals surface area contributed by atoms with Crippen molar-refractivity contribution >= 4 is 52.2 Å². The van der Waals surface area contributed by atoms with Gasteiger partial charge in [0.2, 0.25) is 0 Å². The summed E-state index contributed by atoms with van der Waals surface area (Å²) >= 11 is 6.50. The van der Waals surface area contributed by atoms with Crippen molar-refractivity contribution in [1.29, 1.82) is 0 Å². The number of thiocarbonyl (C=S) groups is 1. The predicted octanol–water partition coefficient (Wildman–Crippen LogP) is 2.47. The summed E-state index contributed by atoms with van der Waals surface area (Å²) in [7, 11) is 0. The van der Waals surface area contributed by atoms with Crippen LogP contribution in [0, 0.1) is 0 Å². The second kappa shape index (κ2) is 12.0. The Kier molecular flexibility index (Phi) is 9.07. The van der Waals surface area contributed by atoms with E-state index in [0.29, 0.717) is 47.9 Å². The van der Waals surface area contributed by atoms with E-state index < -0.39 is 0 Å². The Balaban J connectivity index is 1.51. The van der Waals surface area contributed by atoms with E-state index in [4.69, 9.17) is 26.4 Å². The molecule has 2 heterocycles. The topological polar surface area (TPSA) is 85.4 Å². The average Bonchev–Trinajstić information content (AvgIpc) is 3.08. The molecule has 0 spiro atoms. The minimum atomic E-state index is -0.340. The molecule has 1 aromatic carbocycles. The first-order chi connectivity index (χ1) is 15.5. The molecule has 172 valence electrons. The molecule has 0 aromatic heterocycles. The zero-order valence-corrected chi connectivity index (χ0v) is 19.5. The lowest BCUT2D eigenvalue weighted by molar-refractivity contribution is -0.144. The molecule has 2 aliphatic rings. The van der Waals surface area contributed by atoms with Gasteiger partial charge in [-0.25, -0.2) is 0 Å². The first kappa shape index (κ1) is 24.2. The molecule has 2 fully saturated rings. The molecule has 32 heavy (non-hydrogen) atoms. The number of hydrogen-bond donors (Lipinski definition) is 0. The van der Waals surface area contributed by atoms with Crippen LogP contribution in [0.15, 0.2) is 29.2 Å². The van der Waals surface area contributed by atoms with Gasteiger partial charge in [-0.3, -0.25) is 19.3 Å². The van der Waals surface area contributed by atoms with Crippen LogP contribution in [-0.2, 0) is 23.9 Å². The third-order valence-corrected chi connectivity index (χ3v) is 6.16. The van der Waals surface area contributed by atoms with Crippen LogP contribution in [-0.4, -0.2) is 78.0 Å². The highest BCUT2D eigenvalue weighted by Crippen LogP contribution is 2.32. The number of benzene rings is 1. The number of carbonyl (C=O) groups excluding carboxylic acids is 3. The summed E-state index contributed by atoms with van der Waals surface area (Å²) in [4.78, 5) is 40.2. The lowest BCUT2D eigenvalue weighted by Gasteiger charge is -2.26. The van der Waals surface area contributed by atoms with Gasteiger partial charge in [-0.1, -0.05) is 43.0 Å². The molecular weight excluding hydrogens is 452 g/mol. The summed E-state index contributed by atoms with van der Waals surface area (Å²) in [5.41, 5.74) is 0.805. The van der Waals surface area contributed by atoms with Crippen molar-refractivity contribution in [1.82, 2.24) is 9.80 Å². The van der Waals surface area contributed by atoms with E-state index in [-0.39, 0.29) is 37.4 Å². The summed E-state index contributed by atoms with van der Waals surface area (Å²) in [6, 6.07) is 7.12. The van der Waals surface area contributed by atoms with E-state index in [2.05, 4.69) is 0 Å². The van der Waals surface area contributed by atoms with E-state index in [9.17, 15) is 14.4 Å². The molecule has 0 radical (unpaired) electrons. The number of rotatable bonds is 9. The Morgan fingerprint density at radius 1 is 1.22 bits per heavy atom. The average molecular weight is 479 g/mol. The predicted molar refractivity (Wildman–Crippen MR) is 125 cm³/mol. The third kappa shape index (κ3) is 6.78. The Morgan fingerprint density at radius 2 is 1.94 bits per heavy atom. The highest BCUT2D eigenvalue weighted by molar-refractivity contribution is 8.26. The maximum atomic E-state index is 12.7. The molecule has 0 N–H and O–H groups in total. The summed E-state index contributed by atoms with van der Waals surface area (Å²) in [6.07, 6.45) is 2.61. The Labute approximate surface area is 196 Å². The maximum Gasteiger partial charge on any atom is 0.307 e. The van der Waals surface area contributed by atoms with Gasteiger partial charge in [-0.15, -0.1) is 0 Å². The monoisotopic (exact) mass is 478 g/mol.